The van der Waals surface area contributed by atoms with Crippen LogP contribution in [0.15, 0.2) is 42.7 Å². The van der Waals surface area contributed by atoms with Crippen LogP contribution in [0.25, 0.3) is 0 Å². The zero-order chi connectivity index (χ0) is 17.8. The molecule has 1 fully saturated rings. The number of nitrogens with one attached hydrogen (secondary N) is 1. The number of ether oxygens (including phenoxy) is 1. The molecule has 2 unspecified atom stereocenters. The third-order valence-corrected chi connectivity index (χ3v) is 4.81. The van der Waals surface area contributed by atoms with Crippen molar-refractivity contribution >= 4 is 29.9 Å². The number of hydrogen-bond acceptors (Lipinski definition) is 4. The van der Waals surface area contributed by atoms with Gasteiger partial charge in [-0.3, -0.25) is 9.78 Å². The Kier molecular flexibility index (Phi) is 7.26. The maximum atomic E-state index is 13.0. The minimum Gasteiger partial charge on any atom is -0.481 e. The zero-order valence-corrected chi connectivity index (χ0v) is 16.4. The highest BCUT2D eigenvalue weighted by atomic mass is 35.5. The summed E-state index contributed by atoms with van der Waals surface area (Å²) in [5, 5.41) is 4.03. The molecule has 0 bridgehead atoms. The van der Waals surface area contributed by atoms with Crippen molar-refractivity contribution in [1.82, 2.24) is 15.2 Å². The van der Waals surface area contributed by atoms with Crippen molar-refractivity contribution in [1.29, 1.82) is 0 Å². The van der Waals surface area contributed by atoms with E-state index in [9.17, 15) is 4.79 Å². The summed E-state index contributed by atoms with van der Waals surface area (Å²) < 4.78 is 5.86. The molecule has 0 aliphatic carbocycles. The van der Waals surface area contributed by atoms with Crippen LogP contribution in [0.3, 0.4) is 0 Å². The molecule has 2 aromatic rings. The Morgan fingerprint density at radius 1 is 1.42 bits per heavy atom. The molecule has 1 aromatic heterocycles. The minimum absolute atomic E-state index is 0. The van der Waals surface area contributed by atoms with Crippen molar-refractivity contribution in [2.45, 2.75) is 26.0 Å². The van der Waals surface area contributed by atoms with E-state index < -0.39 is 6.10 Å². The van der Waals surface area contributed by atoms with E-state index in [1.165, 1.54) is 0 Å². The molecule has 2 heterocycles. The largest absolute Gasteiger partial charge is 0.481 e. The quantitative estimate of drug-likeness (QED) is 0.861. The number of halogens is 2. The van der Waals surface area contributed by atoms with Gasteiger partial charge in [0.25, 0.3) is 5.91 Å². The van der Waals surface area contributed by atoms with Crippen LogP contribution in [0.5, 0.6) is 5.75 Å². The predicted molar refractivity (Wildman–Crippen MR) is 105 cm³/mol. The van der Waals surface area contributed by atoms with E-state index in [2.05, 4.69) is 10.3 Å². The number of piperazine rings is 1. The first kappa shape index (κ1) is 20.5. The summed E-state index contributed by atoms with van der Waals surface area (Å²) in [6, 6.07) is 9.28. The van der Waals surface area contributed by atoms with Crippen LogP contribution in [0.1, 0.15) is 24.1 Å². The average molecular weight is 396 g/mol. The number of amides is 1. The van der Waals surface area contributed by atoms with Gasteiger partial charge in [0, 0.05) is 37.1 Å². The van der Waals surface area contributed by atoms with Gasteiger partial charge >= 0.3 is 0 Å². The molecule has 0 spiro atoms. The predicted octanol–water partition coefficient (Wildman–Crippen LogP) is 3.41. The lowest BCUT2D eigenvalue weighted by Gasteiger charge is -2.37. The normalized spacial score (nSPS) is 18.0. The maximum absolute atomic E-state index is 13.0. The second kappa shape index (κ2) is 9.21. The highest BCUT2D eigenvalue weighted by Crippen LogP contribution is 2.25. The molecule has 7 heteroatoms. The lowest BCUT2D eigenvalue weighted by Crippen LogP contribution is -2.52. The number of pyridine rings is 1. The van der Waals surface area contributed by atoms with E-state index in [-0.39, 0.29) is 24.4 Å². The molecular formula is C19H23Cl2N3O2. The van der Waals surface area contributed by atoms with Gasteiger partial charge in [-0.2, -0.15) is 0 Å². The molecule has 1 N–H and O–H groups in total. The first-order valence-electron chi connectivity index (χ1n) is 8.40. The highest BCUT2D eigenvalue weighted by Gasteiger charge is 2.31. The minimum atomic E-state index is -0.571. The number of carbonyl (C=O) groups excluding carboxylic acids is 1. The number of nitrogens with zero attached hydrogens (tertiary/aromatic N) is 2. The summed E-state index contributed by atoms with van der Waals surface area (Å²) in [6.07, 6.45) is 2.98. The Labute approximate surface area is 165 Å². The summed E-state index contributed by atoms with van der Waals surface area (Å²) in [5.74, 6) is 0.624. The van der Waals surface area contributed by atoms with E-state index >= 15 is 0 Å². The summed E-state index contributed by atoms with van der Waals surface area (Å²) >= 11 is 6.04. The van der Waals surface area contributed by atoms with Gasteiger partial charge in [-0.25, -0.2) is 0 Å². The van der Waals surface area contributed by atoms with Gasteiger partial charge in [-0.1, -0.05) is 17.7 Å². The van der Waals surface area contributed by atoms with Crippen molar-refractivity contribution < 1.29 is 9.53 Å². The Bertz CT molecular complexity index is 743. The number of rotatable bonds is 4. The molecule has 3 rings (SSSR count). The summed E-state index contributed by atoms with van der Waals surface area (Å²) in [5.41, 5.74) is 1.95. The van der Waals surface area contributed by atoms with Crippen LogP contribution in [0.2, 0.25) is 5.02 Å². The van der Waals surface area contributed by atoms with Crippen molar-refractivity contribution in [3.05, 3.63) is 58.9 Å². The van der Waals surface area contributed by atoms with Crippen LogP contribution in [-0.4, -0.2) is 41.5 Å². The molecule has 1 amide bonds. The summed E-state index contributed by atoms with van der Waals surface area (Å²) in [6.45, 7) is 5.83. The SMILES string of the molecule is Cc1cc(OC(C)C(=O)N2CCNCC2c2cccnc2)ccc1Cl.Cl. The van der Waals surface area contributed by atoms with E-state index in [4.69, 9.17) is 16.3 Å². The molecule has 1 saturated heterocycles. The van der Waals surface area contributed by atoms with Crippen molar-refractivity contribution in [2.24, 2.45) is 0 Å². The lowest BCUT2D eigenvalue weighted by molar-refractivity contribution is -0.141. The van der Waals surface area contributed by atoms with Crippen molar-refractivity contribution in [3.63, 3.8) is 0 Å². The fraction of sp³-hybridized carbons (Fsp3) is 0.368. The van der Waals surface area contributed by atoms with Crippen molar-refractivity contribution in [3.8, 4) is 5.75 Å². The molecular weight excluding hydrogens is 373 g/mol. The second-order valence-electron chi connectivity index (χ2n) is 6.21. The van der Waals surface area contributed by atoms with Crippen LogP contribution in [0, 0.1) is 6.92 Å². The Morgan fingerprint density at radius 3 is 2.92 bits per heavy atom. The number of aromatic nitrogens is 1. The Hall–Kier alpha value is -1.82. The van der Waals surface area contributed by atoms with Gasteiger partial charge in [0.1, 0.15) is 5.75 Å². The van der Waals surface area contributed by atoms with Gasteiger partial charge in [0.2, 0.25) is 0 Å². The highest BCUT2D eigenvalue weighted by molar-refractivity contribution is 6.31. The third kappa shape index (κ3) is 4.67. The fourth-order valence-corrected chi connectivity index (χ4v) is 3.14. The monoisotopic (exact) mass is 395 g/mol. The number of aryl methyl sites for hydroxylation is 1. The van der Waals surface area contributed by atoms with Gasteiger partial charge in [0.05, 0.1) is 6.04 Å². The molecule has 140 valence electrons. The van der Waals surface area contributed by atoms with Crippen LogP contribution in [0.4, 0.5) is 0 Å². The van der Waals surface area contributed by atoms with Gasteiger partial charge < -0.3 is 15.0 Å². The second-order valence-corrected chi connectivity index (χ2v) is 6.62. The zero-order valence-electron chi connectivity index (χ0n) is 14.8. The van der Waals surface area contributed by atoms with E-state index in [1.807, 2.05) is 36.2 Å². The smallest absolute Gasteiger partial charge is 0.263 e. The third-order valence-electron chi connectivity index (χ3n) is 4.39. The number of hydrogen-bond donors (Lipinski definition) is 1. The topological polar surface area (TPSA) is 54.5 Å². The molecule has 1 aliphatic rings. The van der Waals surface area contributed by atoms with Crippen LogP contribution < -0.4 is 10.1 Å². The molecule has 5 nitrogen and oxygen atoms in total. The van der Waals surface area contributed by atoms with Crippen molar-refractivity contribution in [2.75, 3.05) is 19.6 Å². The fourth-order valence-electron chi connectivity index (χ4n) is 3.02. The first-order valence-corrected chi connectivity index (χ1v) is 8.78. The van der Waals surface area contributed by atoms with Gasteiger partial charge in [-0.15, -0.1) is 12.4 Å². The molecule has 26 heavy (non-hydrogen) atoms. The molecule has 2 atom stereocenters. The Morgan fingerprint density at radius 2 is 2.23 bits per heavy atom. The standard InChI is InChI=1S/C19H22ClN3O2.ClH/c1-13-10-16(5-6-17(13)20)25-14(2)19(24)23-9-8-22-12-18(23)15-4-3-7-21-11-15;/h3-7,10-11,14,18,22H,8-9,12H2,1-2H3;1H. The van der Waals surface area contributed by atoms with Gasteiger partial charge in [-0.05, 0) is 49.2 Å². The summed E-state index contributed by atoms with van der Waals surface area (Å²) in [7, 11) is 0. The van der Waals surface area contributed by atoms with Gasteiger partial charge in [0.15, 0.2) is 6.10 Å². The summed E-state index contributed by atoms with van der Waals surface area (Å²) in [4.78, 5) is 19.0. The maximum Gasteiger partial charge on any atom is 0.263 e. The van der Waals surface area contributed by atoms with E-state index in [1.54, 1.807) is 25.3 Å². The van der Waals surface area contributed by atoms with Crippen LogP contribution >= 0.6 is 24.0 Å². The molecule has 1 aromatic carbocycles. The first-order chi connectivity index (χ1) is 12.1. The van der Waals surface area contributed by atoms with E-state index in [0.29, 0.717) is 23.9 Å². The molecule has 0 saturated carbocycles. The Balaban J connectivity index is 0.00000243. The van der Waals surface area contributed by atoms with Crippen LogP contribution in [-0.2, 0) is 4.79 Å². The lowest BCUT2D eigenvalue weighted by atomic mass is 10.0. The van der Waals surface area contributed by atoms with E-state index in [0.717, 1.165) is 17.7 Å². The number of benzene rings is 1. The molecule has 0 radical (unpaired) electrons. The average Bonchev–Trinajstić information content (AvgIpc) is 2.65. The number of carbonyl (C=O) groups is 1. The molecule has 1 aliphatic heterocycles.